The number of carbonyl (C=O) groups excluding carboxylic acids is 1. The molecule has 6 heteroatoms. The maximum atomic E-state index is 11.8. The molecule has 0 saturated heterocycles. The minimum Gasteiger partial charge on any atom is -0.484 e. The molecule has 108 valence electrons. The molecule has 1 amide bonds. The van der Waals surface area contributed by atoms with Crippen LogP contribution in [0.1, 0.15) is 11.1 Å². The number of hydrogen-bond acceptors (Lipinski definition) is 4. The average Bonchev–Trinajstić information content (AvgIpc) is 2.53. The van der Waals surface area contributed by atoms with E-state index in [1.54, 1.807) is 30.3 Å². The van der Waals surface area contributed by atoms with Crippen molar-refractivity contribution in [1.82, 2.24) is 0 Å². The van der Waals surface area contributed by atoms with E-state index in [0.29, 0.717) is 22.6 Å². The Hall–Kier alpha value is -3.02. The van der Waals surface area contributed by atoms with Crippen molar-refractivity contribution < 1.29 is 9.53 Å². The number of rotatable bonds is 4. The molecule has 0 aliphatic rings. The smallest absolute Gasteiger partial charge is 0.262 e. The van der Waals surface area contributed by atoms with Gasteiger partial charge in [0.1, 0.15) is 11.8 Å². The molecule has 2 rings (SSSR count). The van der Waals surface area contributed by atoms with Crippen LogP contribution >= 0.6 is 11.6 Å². The molecule has 0 aliphatic carbocycles. The third kappa shape index (κ3) is 3.99. The summed E-state index contributed by atoms with van der Waals surface area (Å²) >= 11 is 5.88. The zero-order valence-corrected chi connectivity index (χ0v) is 12.1. The lowest BCUT2D eigenvalue weighted by Crippen LogP contribution is -2.20. The second-order valence-electron chi connectivity index (χ2n) is 4.28. The van der Waals surface area contributed by atoms with Crippen molar-refractivity contribution in [3.63, 3.8) is 0 Å². The van der Waals surface area contributed by atoms with Crippen molar-refractivity contribution in [2.24, 2.45) is 0 Å². The second kappa shape index (κ2) is 7.12. The molecule has 0 unspecified atom stereocenters. The monoisotopic (exact) mass is 311 g/mol. The van der Waals surface area contributed by atoms with E-state index >= 15 is 0 Å². The van der Waals surface area contributed by atoms with Gasteiger partial charge in [-0.25, -0.2) is 0 Å². The summed E-state index contributed by atoms with van der Waals surface area (Å²) in [6, 6.07) is 15.0. The SMILES string of the molecule is N#Cc1ccc(OCC(=O)Nc2ccc(C#N)c(Cl)c2)cc1. The van der Waals surface area contributed by atoms with Crippen LogP contribution in [0.2, 0.25) is 5.02 Å². The first-order valence-corrected chi connectivity index (χ1v) is 6.62. The van der Waals surface area contributed by atoms with Gasteiger partial charge in [-0.15, -0.1) is 0 Å². The molecular formula is C16H10ClN3O2. The average molecular weight is 312 g/mol. The highest BCUT2D eigenvalue weighted by Gasteiger charge is 2.06. The van der Waals surface area contributed by atoms with Crippen LogP contribution in [0.3, 0.4) is 0 Å². The summed E-state index contributed by atoms with van der Waals surface area (Å²) in [4.78, 5) is 11.8. The largest absolute Gasteiger partial charge is 0.484 e. The molecule has 0 atom stereocenters. The predicted molar refractivity (Wildman–Crippen MR) is 81.4 cm³/mol. The predicted octanol–water partition coefficient (Wildman–Crippen LogP) is 3.10. The van der Waals surface area contributed by atoms with Crippen LogP contribution in [-0.4, -0.2) is 12.5 Å². The van der Waals surface area contributed by atoms with Crippen molar-refractivity contribution in [3.8, 4) is 17.9 Å². The van der Waals surface area contributed by atoms with Crippen LogP contribution in [0.25, 0.3) is 0 Å². The van der Waals surface area contributed by atoms with Gasteiger partial charge in [-0.2, -0.15) is 10.5 Å². The Morgan fingerprint density at radius 3 is 2.45 bits per heavy atom. The quantitative estimate of drug-likeness (QED) is 0.940. The number of carbonyl (C=O) groups is 1. The summed E-state index contributed by atoms with van der Waals surface area (Å²) in [6.45, 7) is -0.177. The number of nitriles is 2. The van der Waals surface area contributed by atoms with Crippen LogP contribution < -0.4 is 10.1 Å². The van der Waals surface area contributed by atoms with E-state index in [1.807, 2.05) is 12.1 Å². The number of halogens is 1. The van der Waals surface area contributed by atoms with Crippen molar-refractivity contribution in [1.29, 1.82) is 10.5 Å². The normalized spacial score (nSPS) is 9.41. The van der Waals surface area contributed by atoms with E-state index < -0.39 is 0 Å². The number of amides is 1. The number of anilines is 1. The van der Waals surface area contributed by atoms with E-state index in [1.165, 1.54) is 12.1 Å². The molecule has 0 fully saturated rings. The van der Waals surface area contributed by atoms with Crippen LogP contribution in [0.4, 0.5) is 5.69 Å². The summed E-state index contributed by atoms with van der Waals surface area (Å²) in [5, 5.41) is 20.3. The lowest BCUT2D eigenvalue weighted by Gasteiger charge is -2.08. The van der Waals surface area contributed by atoms with E-state index in [-0.39, 0.29) is 17.5 Å². The lowest BCUT2D eigenvalue weighted by atomic mass is 10.2. The molecule has 0 heterocycles. The summed E-state index contributed by atoms with van der Waals surface area (Å²) in [5.74, 6) is 0.136. The van der Waals surface area contributed by atoms with Gasteiger partial charge in [0.25, 0.3) is 5.91 Å². The van der Waals surface area contributed by atoms with Crippen molar-refractivity contribution in [3.05, 3.63) is 58.6 Å². The van der Waals surface area contributed by atoms with Crippen molar-refractivity contribution >= 4 is 23.2 Å². The number of nitrogens with one attached hydrogen (secondary N) is 1. The second-order valence-corrected chi connectivity index (χ2v) is 4.69. The number of hydrogen-bond donors (Lipinski definition) is 1. The van der Waals surface area contributed by atoms with E-state index in [0.717, 1.165) is 0 Å². The lowest BCUT2D eigenvalue weighted by molar-refractivity contribution is -0.118. The van der Waals surface area contributed by atoms with Gasteiger partial charge in [0, 0.05) is 5.69 Å². The Bertz CT molecular complexity index is 773. The maximum absolute atomic E-state index is 11.8. The van der Waals surface area contributed by atoms with E-state index in [2.05, 4.69) is 5.32 Å². The van der Waals surface area contributed by atoms with Gasteiger partial charge >= 0.3 is 0 Å². The minimum absolute atomic E-state index is 0.177. The molecule has 0 aliphatic heterocycles. The standard InChI is InChI=1S/C16H10ClN3O2/c17-15-7-13(4-3-12(15)9-19)20-16(21)10-22-14-5-1-11(8-18)2-6-14/h1-7H,10H2,(H,20,21). The Morgan fingerprint density at radius 1 is 1.14 bits per heavy atom. The fourth-order valence-electron chi connectivity index (χ4n) is 1.66. The van der Waals surface area contributed by atoms with Gasteiger partial charge in [0.05, 0.1) is 22.2 Å². The van der Waals surface area contributed by atoms with Crippen LogP contribution in [0.5, 0.6) is 5.75 Å². The summed E-state index contributed by atoms with van der Waals surface area (Å²) in [7, 11) is 0. The molecule has 0 bridgehead atoms. The third-order valence-corrected chi connectivity index (χ3v) is 3.04. The first-order valence-electron chi connectivity index (χ1n) is 6.25. The molecule has 0 aromatic heterocycles. The Morgan fingerprint density at radius 2 is 1.86 bits per heavy atom. The Balaban J connectivity index is 1.91. The maximum Gasteiger partial charge on any atom is 0.262 e. The molecular weight excluding hydrogens is 302 g/mol. The molecule has 0 saturated carbocycles. The highest BCUT2D eigenvalue weighted by atomic mass is 35.5. The molecule has 0 radical (unpaired) electrons. The van der Waals surface area contributed by atoms with Gasteiger partial charge in [-0.1, -0.05) is 11.6 Å². The summed E-state index contributed by atoms with van der Waals surface area (Å²) in [5.41, 5.74) is 1.34. The van der Waals surface area contributed by atoms with Crippen molar-refractivity contribution in [2.45, 2.75) is 0 Å². The number of nitrogens with zero attached hydrogens (tertiary/aromatic N) is 2. The van der Waals surface area contributed by atoms with Crippen LogP contribution in [0, 0.1) is 22.7 Å². The molecule has 5 nitrogen and oxygen atoms in total. The highest BCUT2D eigenvalue weighted by molar-refractivity contribution is 6.32. The number of ether oxygens (including phenoxy) is 1. The van der Waals surface area contributed by atoms with Gasteiger partial charge in [0.15, 0.2) is 6.61 Å². The zero-order valence-electron chi connectivity index (χ0n) is 11.3. The molecule has 1 N–H and O–H groups in total. The third-order valence-electron chi connectivity index (χ3n) is 2.73. The van der Waals surface area contributed by atoms with E-state index in [4.69, 9.17) is 26.9 Å². The zero-order chi connectivity index (χ0) is 15.9. The first kappa shape index (κ1) is 15.4. The Labute approximate surface area is 132 Å². The van der Waals surface area contributed by atoms with Gasteiger partial charge in [-0.05, 0) is 42.5 Å². The topological polar surface area (TPSA) is 85.9 Å². The molecule has 22 heavy (non-hydrogen) atoms. The molecule has 2 aromatic carbocycles. The van der Waals surface area contributed by atoms with Gasteiger partial charge in [0.2, 0.25) is 0 Å². The fraction of sp³-hybridized carbons (Fsp3) is 0.0625. The molecule has 2 aromatic rings. The number of benzene rings is 2. The fourth-order valence-corrected chi connectivity index (χ4v) is 1.88. The van der Waals surface area contributed by atoms with Gasteiger partial charge < -0.3 is 10.1 Å². The first-order chi connectivity index (χ1) is 10.6. The summed E-state index contributed by atoms with van der Waals surface area (Å²) in [6.07, 6.45) is 0. The minimum atomic E-state index is -0.356. The highest BCUT2D eigenvalue weighted by Crippen LogP contribution is 2.20. The van der Waals surface area contributed by atoms with E-state index in [9.17, 15) is 4.79 Å². The van der Waals surface area contributed by atoms with Crippen LogP contribution in [0.15, 0.2) is 42.5 Å². The van der Waals surface area contributed by atoms with Crippen molar-refractivity contribution in [2.75, 3.05) is 11.9 Å². The molecule has 0 spiro atoms. The summed E-state index contributed by atoms with van der Waals surface area (Å²) < 4.78 is 5.31. The van der Waals surface area contributed by atoms with Crippen LogP contribution in [-0.2, 0) is 4.79 Å². The van der Waals surface area contributed by atoms with Gasteiger partial charge in [-0.3, -0.25) is 4.79 Å². The Kier molecular flexibility index (Phi) is 4.98.